The molecule has 0 fully saturated rings. The van der Waals surface area contributed by atoms with Crippen LogP contribution < -0.4 is 0 Å². The maximum atomic E-state index is 10.7. The lowest BCUT2D eigenvalue weighted by atomic mass is 10.3. The molecule has 7 nitrogen and oxygen atoms in total. The highest BCUT2D eigenvalue weighted by molar-refractivity contribution is 7.99. The quantitative estimate of drug-likeness (QED) is 0.777. The molecule has 0 aromatic carbocycles. The normalized spacial score (nSPS) is 10.9. The molecule has 2 rings (SSSR count). The fraction of sp³-hybridized carbons (Fsp3) is 0.417. The van der Waals surface area contributed by atoms with Crippen LogP contribution in [0.25, 0.3) is 11.6 Å². The largest absolute Gasteiger partial charge is 0.481 e. The van der Waals surface area contributed by atoms with E-state index in [2.05, 4.69) is 10.2 Å². The van der Waals surface area contributed by atoms with E-state index in [0.29, 0.717) is 29.9 Å². The third-order valence-electron chi connectivity index (χ3n) is 2.63. The monoisotopic (exact) mass is 297 g/mol. The van der Waals surface area contributed by atoms with Gasteiger partial charge in [-0.15, -0.1) is 10.2 Å². The van der Waals surface area contributed by atoms with Gasteiger partial charge in [-0.3, -0.25) is 9.36 Å². The third kappa shape index (κ3) is 3.20. The van der Waals surface area contributed by atoms with Crippen molar-refractivity contribution in [1.29, 1.82) is 0 Å². The molecular formula is C12H15N3O4S. The predicted octanol–water partition coefficient (Wildman–Crippen LogP) is 1.67. The van der Waals surface area contributed by atoms with E-state index in [1.165, 1.54) is 0 Å². The first-order valence-corrected chi connectivity index (χ1v) is 6.93. The summed E-state index contributed by atoms with van der Waals surface area (Å²) in [6.07, 6.45) is 1.59. The lowest BCUT2D eigenvalue weighted by molar-refractivity contribution is -0.133. The molecule has 8 heteroatoms. The number of aryl methyl sites for hydroxylation is 1. The van der Waals surface area contributed by atoms with E-state index in [-0.39, 0.29) is 5.75 Å². The summed E-state index contributed by atoms with van der Waals surface area (Å²) in [7, 11) is 1.60. The standard InChI is InChI=1S/C12H15N3O4S/c1-8-3-5-19-10(8)11-13-14-12(20-7-9(16)17)15(11)4-6-18-2/h3,5H,4,6-7H2,1-2H3,(H,16,17). The Morgan fingerprint density at radius 1 is 1.55 bits per heavy atom. The summed E-state index contributed by atoms with van der Waals surface area (Å²) >= 11 is 1.12. The van der Waals surface area contributed by atoms with Gasteiger partial charge in [-0.25, -0.2) is 0 Å². The molecule has 0 saturated carbocycles. The second kappa shape index (κ2) is 6.58. The van der Waals surface area contributed by atoms with Crippen molar-refractivity contribution in [2.45, 2.75) is 18.6 Å². The lowest BCUT2D eigenvalue weighted by Crippen LogP contribution is -2.08. The molecule has 1 N–H and O–H groups in total. The fourth-order valence-electron chi connectivity index (χ4n) is 1.68. The number of nitrogens with zero attached hydrogens (tertiary/aromatic N) is 3. The molecule has 2 heterocycles. The molecule has 20 heavy (non-hydrogen) atoms. The van der Waals surface area contributed by atoms with Gasteiger partial charge in [-0.1, -0.05) is 11.8 Å². The van der Waals surface area contributed by atoms with E-state index >= 15 is 0 Å². The topological polar surface area (TPSA) is 90.4 Å². The summed E-state index contributed by atoms with van der Waals surface area (Å²) in [5.41, 5.74) is 0.950. The summed E-state index contributed by atoms with van der Waals surface area (Å²) in [5, 5.41) is 17.4. The van der Waals surface area contributed by atoms with Crippen LogP contribution >= 0.6 is 11.8 Å². The Balaban J connectivity index is 2.31. The number of hydrogen-bond acceptors (Lipinski definition) is 6. The molecule has 0 unspecified atom stereocenters. The van der Waals surface area contributed by atoms with Gasteiger partial charge in [0.1, 0.15) is 0 Å². The lowest BCUT2D eigenvalue weighted by Gasteiger charge is -2.08. The van der Waals surface area contributed by atoms with Crippen molar-refractivity contribution in [2.75, 3.05) is 19.5 Å². The Hall–Kier alpha value is -1.80. The highest BCUT2D eigenvalue weighted by Crippen LogP contribution is 2.26. The summed E-state index contributed by atoms with van der Waals surface area (Å²) in [4.78, 5) is 10.7. The minimum Gasteiger partial charge on any atom is -0.481 e. The molecule has 2 aromatic rings. The van der Waals surface area contributed by atoms with Gasteiger partial charge in [0.05, 0.1) is 25.2 Å². The number of hydrogen-bond donors (Lipinski definition) is 1. The third-order valence-corrected chi connectivity index (χ3v) is 3.58. The molecule has 0 amide bonds. The van der Waals surface area contributed by atoms with Crippen molar-refractivity contribution in [3.05, 3.63) is 17.9 Å². The summed E-state index contributed by atoms with van der Waals surface area (Å²) in [6.45, 7) is 2.92. The van der Waals surface area contributed by atoms with Crippen molar-refractivity contribution >= 4 is 17.7 Å². The van der Waals surface area contributed by atoms with Gasteiger partial charge in [0.2, 0.25) is 5.82 Å². The first kappa shape index (κ1) is 14.6. The number of carboxylic acids is 1. The minimum absolute atomic E-state index is 0.0672. The van der Waals surface area contributed by atoms with E-state index in [9.17, 15) is 4.79 Å². The number of aromatic nitrogens is 3. The van der Waals surface area contributed by atoms with Crippen LogP contribution in [0.15, 0.2) is 21.9 Å². The fourth-order valence-corrected chi connectivity index (χ4v) is 2.36. The Labute approximate surface area is 119 Å². The van der Waals surface area contributed by atoms with Crippen LogP contribution in [0.1, 0.15) is 5.56 Å². The van der Waals surface area contributed by atoms with Crippen LogP contribution in [0.3, 0.4) is 0 Å². The maximum absolute atomic E-state index is 10.7. The number of ether oxygens (including phenoxy) is 1. The predicted molar refractivity (Wildman–Crippen MR) is 72.7 cm³/mol. The maximum Gasteiger partial charge on any atom is 0.313 e. The number of furan rings is 1. The molecular weight excluding hydrogens is 282 g/mol. The number of carboxylic acid groups (broad SMARTS) is 1. The number of methoxy groups -OCH3 is 1. The van der Waals surface area contributed by atoms with Crippen molar-refractivity contribution in [3.8, 4) is 11.6 Å². The smallest absolute Gasteiger partial charge is 0.313 e. The van der Waals surface area contributed by atoms with Gasteiger partial charge in [-0.05, 0) is 18.6 Å². The molecule has 0 atom stereocenters. The zero-order chi connectivity index (χ0) is 14.5. The van der Waals surface area contributed by atoms with E-state index in [1.807, 2.05) is 17.6 Å². The summed E-state index contributed by atoms with van der Waals surface area (Å²) in [6, 6.07) is 1.84. The average molecular weight is 297 g/mol. The van der Waals surface area contributed by atoms with Crippen LogP contribution in [-0.2, 0) is 16.1 Å². The molecule has 108 valence electrons. The molecule has 0 spiro atoms. The first-order valence-electron chi connectivity index (χ1n) is 5.94. The van der Waals surface area contributed by atoms with E-state index < -0.39 is 5.97 Å². The second-order valence-corrected chi connectivity index (χ2v) is 5.01. The van der Waals surface area contributed by atoms with Gasteiger partial charge in [0.25, 0.3) is 0 Å². The summed E-state index contributed by atoms with van der Waals surface area (Å²) in [5.74, 6) is 0.252. The number of carbonyl (C=O) groups is 1. The van der Waals surface area contributed by atoms with Crippen molar-refractivity contribution < 1.29 is 19.1 Å². The Kier molecular flexibility index (Phi) is 4.80. The van der Waals surface area contributed by atoms with Crippen molar-refractivity contribution in [1.82, 2.24) is 14.8 Å². The van der Waals surface area contributed by atoms with Gasteiger partial charge in [-0.2, -0.15) is 0 Å². The first-order chi connectivity index (χ1) is 9.63. The molecule has 0 aliphatic rings. The zero-order valence-corrected chi connectivity index (χ0v) is 12.0. The van der Waals surface area contributed by atoms with Crippen LogP contribution in [0, 0.1) is 6.92 Å². The number of rotatable bonds is 7. The van der Waals surface area contributed by atoms with Gasteiger partial charge < -0.3 is 14.3 Å². The van der Waals surface area contributed by atoms with Crippen molar-refractivity contribution in [2.24, 2.45) is 0 Å². The highest BCUT2D eigenvalue weighted by Gasteiger charge is 2.18. The SMILES string of the molecule is COCCn1c(SCC(=O)O)nnc1-c1occc1C. The highest BCUT2D eigenvalue weighted by atomic mass is 32.2. The molecule has 0 saturated heterocycles. The summed E-state index contributed by atoms with van der Waals surface area (Å²) < 4.78 is 12.3. The zero-order valence-electron chi connectivity index (χ0n) is 11.2. The van der Waals surface area contributed by atoms with E-state index in [4.69, 9.17) is 14.3 Å². The Morgan fingerprint density at radius 2 is 2.35 bits per heavy atom. The van der Waals surface area contributed by atoms with E-state index in [1.54, 1.807) is 13.4 Å². The van der Waals surface area contributed by atoms with Gasteiger partial charge in [0.15, 0.2) is 10.9 Å². The van der Waals surface area contributed by atoms with Crippen LogP contribution in [0.4, 0.5) is 0 Å². The molecule has 0 radical (unpaired) electrons. The van der Waals surface area contributed by atoms with E-state index in [0.717, 1.165) is 17.3 Å². The Morgan fingerprint density at radius 3 is 2.95 bits per heavy atom. The minimum atomic E-state index is -0.896. The average Bonchev–Trinajstić information content (AvgIpc) is 2.99. The second-order valence-electron chi connectivity index (χ2n) is 4.07. The van der Waals surface area contributed by atoms with Gasteiger partial charge >= 0.3 is 5.97 Å². The van der Waals surface area contributed by atoms with Gasteiger partial charge in [0, 0.05) is 7.11 Å². The van der Waals surface area contributed by atoms with Crippen LogP contribution in [0.2, 0.25) is 0 Å². The number of thioether (sulfide) groups is 1. The Bertz CT molecular complexity index is 593. The van der Waals surface area contributed by atoms with Crippen LogP contribution in [0.5, 0.6) is 0 Å². The molecule has 0 aliphatic carbocycles. The molecule has 0 aliphatic heterocycles. The number of aliphatic carboxylic acids is 1. The van der Waals surface area contributed by atoms with Crippen molar-refractivity contribution in [3.63, 3.8) is 0 Å². The van der Waals surface area contributed by atoms with Crippen LogP contribution in [-0.4, -0.2) is 45.3 Å². The molecule has 2 aromatic heterocycles. The molecule has 0 bridgehead atoms.